The smallest absolute Gasteiger partial charge is 0.312 e. The molecule has 0 saturated heterocycles. The lowest BCUT2D eigenvalue weighted by Crippen LogP contribution is -2.54. The summed E-state index contributed by atoms with van der Waals surface area (Å²) in [5, 5.41) is 9.16. The number of para-hydroxylation sites is 2. The van der Waals surface area contributed by atoms with Crippen LogP contribution in [0.25, 0.3) is 0 Å². The molecule has 4 fully saturated rings. The molecule has 6 nitrogen and oxygen atoms in total. The minimum absolute atomic E-state index is 0.173. The van der Waals surface area contributed by atoms with Gasteiger partial charge in [-0.2, -0.15) is 0 Å². The molecule has 0 radical (unpaired) electrons. The summed E-state index contributed by atoms with van der Waals surface area (Å²) in [6.07, 6.45) is 7.91. The van der Waals surface area contributed by atoms with E-state index in [2.05, 4.69) is 16.0 Å². The van der Waals surface area contributed by atoms with E-state index >= 15 is 0 Å². The van der Waals surface area contributed by atoms with Crippen LogP contribution in [0.1, 0.15) is 45.4 Å². The number of anilines is 2. The van der Waals surface area contributed by atoms with Gasteiger partial charge in [-0.1, -0.05) is 12.1 Å². The first-order valence-electron chi connectivity index (χ1n) is 9.66. The second-order valence-electron chi connectivity index (χ2n) is 8.59. The van der Waals surface area contributed by atoms with Crippen molar-refractivity contribution in [3.63, 3.8) is 0 Å². The van der Waals surface area contributed by atoms with E-state index in [0.717, 1.165) is 29.1 Å². The average Bonchev–Trinajstić information content (AvgIpc) is 2.54. The minimum atomic E-state index is -0.701. The summed E-state index contributed by atoms with van der Waals surface area (Å²) >= 11 is 0. The molecule has 1 aromatic carbocycles. The Labute approximate surface area is 154 Å². The van der Waals surface area contributed by atoms with Crippen molar-refractivity contribution in [2.24, 2.45) is 23.5 Å². The zero-order chi connectivity index (χ0) is 18.3. The van der Waals surface area contributed by atoms with E-state index in [4.69, 9.17) is 5.73 Å². The fourth-order valence-electron chi connectivity index (χ4n) is 5.77. The molecule has 140 valence electrons. The maximum atomic E-state index is 12.4. The number of hydrogen-bond acceptors (Lipinski definition) is 3. The van der Waals surface area contributed by atoms with E-state index in [1.165, 1.54) is 38.5 Å². The van der Waals surface area contributed by atoms with E-state index in [0.29, 0.717) is 0 Å². The molecule has 26 heavy (non-hydrogen) atoms. The molecule has 6 heteroatoms. The van der Waals surface area contributed by atoms with E-state index in [1.807, 2.05) is 24.3 Å². The molecule has 4 saturated carbocycles. The second kappa shape index (κ2) is 6.49. The molecule has 0 heterocycles. The van der Waals surface area contributed by atoms with Crippen LogP contribution in [0.4, 0.5) is 16.2 Å². The van der Waals surface area contributed by atoms with Gasteiger partial charge in [0.25, 0.3) is 0 Å². The monoisotopic (exact) mass is 356 g/mol. The van der Waals surface area contributed by atoms with Crippen LogP contribution in [0.3, 0.4) is 0 Å². The molecular weight excluding hydrogens is 328 g/mol. The molecule has 3 amide bonds. The van der Waals surface area contributed by atoms with Crippen LogP contribution in [0, 0.1) is 17.8 Å². The van der Waals surface area contributed by atoms with Crippen LogP contribution in [0.2, 0.25) is 0 Å². The van der Waals surface area contributed by atoms with E-state index in [9.17, 15) is 9.59 Å². The molecule has 4 bridgehead atoms. The molecule has 0 spiro atoms. The summed E-state index contributed by atoms with van der Waals surface area (Å²) in [7, 11) is 0. The number of hydrogen-bond donors (Lipinski definition) is 4. The maximum absolute atomic E-state index is 12.4. The minimum Gasteiger partial charge on any atom is -0.378 e. The van der Waals surface area contributed by atoms with Crippen molar-refractivity contribution in [2.45, 2.75) is 57.0 Å². The number of primary amides is 1. The number of nitrogens with two attached hydrogens (primary N) is 1. The molecule has 1 atom stereocenters. The predicted molar refractivity (Wildman–Crippen MR) is 102 cm³/mol. The van der Waals surface area contributed by atoms with E-state index < -0.39 is 12.1 Å². The molecule has 0 aromatic heterocycles. The average molecular weight is 356 g/mol. The molecule has 4 aliphatic rings. The van der Waals surface area contributed by atoms with Crippen LogP contribution in [-0.2, 0) is 4.79 Å². The Morgan fingerprint density at radius 3 is 2.12 bits per heavy atom. The van der Waals surface area contributed by atoms with Crippen molar-refractivity contribution in [2.75, 3.05) is 10.6 Å². The summed E-state index contributed by atoms with van der Waals surface area (Å²) in [5.41, 5.74) is 7.00. The predicted octanol–water partition coefficient (Wildman–Crippen LogP) is 3.06. The molecule has 5 N–H and O–H groups in total. The number of carbonyl (C=O) groups excluding carboxylic acids is 2. The van der Waals surface area contributed by atoms with Crippen LogP contribution in [0.15, 0.2) is 24.3 Å². The Morgan fingerprint density at radius 1 is 1.04 bits per heavy atom. The summed E-state index contributed by atoms with van der Waals surface area (Å²) in [6.45, 7) is 1.62. The molecule has 1 unspecified atom stereocenters. The first kappa shape index (κ1) is 17.2. The Kier molecular flexibility index (Phi) is 4.29. The van der Waals surface area contributed by atoms with Gasteiger partial charge in [0.1, 0.15) is 6.04 Å². The summed E-state index contributed by atoms with van der Waals surface area (Å²) in [6, 6.07) is 6.45. The van der Waals surface area contributed by atoms with E-state index in [1.54, 1.807) is 6.92 Å². The summed E-state index contributed by atoms with van der Waals surface area (Å²) in [5.74, 6) is 2.30. The Bertz CT molecular complexity index is 682. The van der Waals surface area contributed by atoms with Gasteiger partial charge < -0.3 is 21.7 Å². The van der Waals surface area contributed by atoms with Crippen LogP contribution < -0.4 is 21.7 Å². The largest absolute Gasteiger partial charge is 0.378 e. The van der Waals surface area contributed by atoms with Gasteiger partial charge in [-0.05, 0) is 75.3 Å². The van der Waals surface area contributed by atoms with Crippen LogP contribution in [0.5, 0.6) is 0 Å². The Hall–Kier alpha value is -2.24. The third-order valence-electron chi connectivity index (χ3n) is 6.38. The fourth-order valence-corrected chi connectivity index (χ4v) is 5.77. The molecular formula is C20H28N4O2. The van der Waals surface area contributed by atoms with Gasteiger partial charge in [-0.25, -0.2) is 4.79 Å². The quantitative estimate of drug-likeness (QED) is 0.653. The number of carbonyl (C=O) groups is 2. The second-order valence-corrected chi connectivity index (χ2v) is 8.59. The highest BCUT2D eigenvalue weighted by atomic mass is 16.2. The lowest BCUT2D eigenvalue weighted by molar-refractivity contribution is -0.117. The number of benzene rings is 1. The number of nitrogens with one attached hydrogen (secondary N) is 3. The highest BCUT2D eigenvalue weighted by Crippen LogP contribution is 2.56. The Balaban J connectivity index is 1.50. The van der Waals surface area contributed by atoms with Crippen molar-refractivity contribution in [3.05, 3.63) is 24.3 Å². The van der Waals surface area contributed by atoms with Crippen molar-refractivity contribution < 1.29 is 9.59 Å². The van der Waals surface area contributed by atoms with Crippen molar-refractivity contribution >= 4 is 23.3 Å². The van der Waals surface area contributed by atoms with Crippen molar-refractivity contribution in [1.29, 1.82) is 0 Å². The highest BCUT2D eigenvalue weighted by Gasteiger charge is 2.51. The first-order chi connectivity index (χ1) is 12.4. The normalized spacial score (nSPS) is 32.7. The standard InChI is InChI=1S/C20H28N4O2/c1-12(22-19(21)26)18(25)23-16-4-2-3-5-17(16)24-20-9-13-6-14(10-20)8-15(7-13)11-20/h2-5,12-15,24H,6-11H2,1H3,(H,23,25)(H3,21,22,26). The van der Waals surface area contributed by atoms with Gasteiger partial charge in [0.05, 0.1) is 11.4 Å². The highest BCUT2D eigenvalue weighted by molar-refractivity contribution is 5.99. The maximum Gasteiger partial charge on any atom is 0.312 e. The third-order valence-corrected chi connectivity index (χ3v) is 6.38. The third kappa shape index (κ3) is 3.37. The molecule has 1 aromatic rings. The molecule has 4 aliphatic carbocycles. The van der Waals surface area contributed by atoms with E-state index in [-0.39, 0.29) is 11.4 Å². The summed E-state index contributed by atoms with van der Waals surface area (Å²) < 4.78 is 0. The summed E-state index contributed by atoms with van der Waals surface area (Å²) in [4.78, 5) is 23.3. The van der Waals surface area contributed by atoms with Gasteiger partial charge in [-0.15, -0.1) is 0 Å². The number of amides is 3. The van der Waals surface area contributed by atoms with Crippen molar-refractivity contribution in [3.8, 4) is 0 Å². The van der Waals surface area contributed by atoms with Gasteiger partial charge in [0.15, 0.2) is 0 Å². The molecule has 5 rings (SSSR count). The van der Waals surface area contributed by atoms with Crippen LogP contribution in [-0.4, -0.2) is 23.5 Å². The van der Waals surface area contributed by atoms with Gasteiger partial charge in [0, 0.05) is 5.54 Å². The van der Waals surface area contributed by atoms with Crippen molar-refractivity contribution in [1.82, 2.24) is 5.32 Å². The number of rotatable bonds is 5. The fraction of sp³-hybridized carbons (Fsp3) is 0.600. The number of urea groups is 1. The lowest BCUT2D eigenvalue weighted by atomic mass is 9.53. The lowest BCUT2D eigenvalue weighted by Gasteiger charge is -2.57. The zero-order valence-corrected chi connectivity index (χ0v) is 15.3. The topological polar surface area (TPSA) is 96.2 Å². The Morgan fingerprint density at radius 2 is 1.58 bits per heavy atom. The molecule has 0 aliphatic heterocycles. The van der Waals surface area contributed by atoms with Gasteiger partial charge >= 0.3 is 6.03 Å². The first-order valence-corrected chi connectivity index (χ1v) is 9.66. The van der Waals surface area contributed by atoms with Crippen LogP contribution >= 0.6 is 0 Å². The SMILES string of the molecule is CC(NC(N)=O)C(=O)Nc1ccccc1NC12CC3CC(CC(C3)C1)C2. The zero-order valence-electron chi connectivity index (χ0n) is 15.3. The van der Waals surface area contributed by atoms with Gasteiger partial charge in [-0.3, -0.25) is 4.79 Å². The van der Waals surface area contributed by atoms with Gasteiger partial charge in [0.2, 0.25) is 5.91 Å².